The fourth-order valence-corrected chi connectivity index (χ4v) is 3.52. The number of nitrogens with one attached hydrogen (secondary N) is 1. The zero-order valence-corrected chi connectivity index (χ0v) is 16.3. The molecule has 1 N–H and O–H groups in total. The van der Waals surface area contributed by atoms with Crippen molar-refractivity contribution in [3.05, 3.63) is 88.4 Å². The summed E-state index contributed by atoms with van der Waals surface area (Å²) >= 11 is 3.37. The summed E-state index contributed by atoms with van der Waals surface area (Å²) in [5.41, 5.74) is 2.06. The van der Waals surface area contributed by atoms with E-state index < -0.39 is 17.8 Å². The second-order valence-electron chi connectivity index (χ2n) is 6.25. The van der Waals surface area contributed by atoms with E-state index in [4.69, 9.17) is 9.47 Å². The van der Waals surface area contributed by atoms with Crippen molar-refractivity contribution in [1.29, 1.82) is 0 Å². The highest BCUT2D eigenvalue weighted by atomic mass is 79.9. The molecule has 0 bridgehead atoms. The molecule has 1 heterocycles. The van der Waals surface area contributed by atoms with E-state index in [0.29, 0.717) is 17.2 Å². The molecule has 0 unspecified atom stereocenters. The largest absolute Gasteiger partial charge is 0.457 e. The van der Waals surface area contributed by atoms with Crippen molar-refractivity contribution in [1.82, 2.24) is 0 Å². The van der Waals surface area contributed by atoms with Gasteiger partial charge < -0.3 is 14.8 Å². The van der Waals surface area contributed by atoms with Gasteiger partial charge in [-0.1, -0.05) is 48.5 Å². The minimum absolute atomic E-state index is 0.373. The van der Waals surface area contributed by atoms with E-state index in [0.717, 1.165) is 15.6 Å². The molecule has 140 valence electrons. The number of esters is 1. The smallest absolute Gasteiger partial charge is 0.318 e. The first-order valence-corrected chi connectivity index (χ1v) is 9.49. The lowest BCUT2D eigenvalue weighted by molar-refractivity contribution is -0.148. The van der Waals surface area contributed by atoms with Gasteiger partial charge in [0.05, 0.1) is 5.69 Å². The molecule has 28 heavy (non-hydrogen) atoms. The molecule has 3 aromatic rings. The maximum atomic E-state index is 12.9. The average Bonchev–Trinajstić information content (AvgIpc) is 2.72. The second-order valence-corrected chi connectivity index (χ2v) is 7.10. The number of rotatable bonds is 4. The Balaban J connectivity index is 1.51. The number of hydrogen-bond acceptors (Lipinski definition) is 4. The van der Waals surface area contributed by atoms with Crippen molar-refractivity contribution in [3.8, 4) is 11.5 Å². The van der Waals surface area contributed by atoms with Gasteiger partial charge in [-0.2, -0.15) is 0 Å². The van der Waals surface area contributed by atoms with Crippen molar-refractivity contribution in [3.63, 3.8) is 0 Å². The van der Waals surface area contributed by atoms with E-state index in [1.807, 2.05) is 66.7 Å². The Morgan fingerprint density at radius 1 is 0.893 bits per heavy atom. The molecule has 3 aromatic carbocycles. The van der Waals surface area contributed by atoms with Gasteiger partial charge in [0.2, 0.25) is 0 Å². The molecule has 1 aliphatic heterocycles. The summed E-state index contributed by atoms with van der Waals surface area (Å²) in [6.07, 6.45) is 0. The molecule has 0 atom stereocenters. The van der Waals surface area contributed by atoms with Crippen molar-refractivity contribution in [2.45, 2.75) is 5.92 Å². The van der Waals surface area contributed by atoms with Crippen LogP contribution < -0.4 is 10.1 Å². The molecule has 6 heteroatoms. The van der Waals surface area contributed by atoms with Crippen LogP contribution in [0.2, 0.25) is 0 Å². The number of hydrogen-bond donors (Lipinski definition) is 1. The Bertz CT molecular complexity index is 1000. The average molecular weight is 438 g/mol. The Labute approximate surface area is 170 Å². The van der Waals surface area contributed by atoms with Gasteiger partial charge in [0.1, 0.15) is 17.4 Å². The highest BCUT2D eigenvalue weighted by molar-refractivity contribution is 9.10. The van der Waals surface area contributed by atoms with E-state index >= 15 is 0 Å². The SMILES string of the molecule is O=C(COC(=O)C1c2ccccc2Oc2ccccc21)Nc1ccccc1Br. The van der Waals surface area contributed by atoms with Crippen LogP contribution in [0, 0.1) is 0 Å². The molecule has 1 amide bonds. The van der Waals surface area contributed by atoms with Gasteiger partial charge in [-0.3, -0.25) is 9.59 Å². The van der Waals surface area contributed by atoms with Crippen LogP contribution in [0.4, 0.5) is 5.69 Å². The fraction of sp³-hybridized carbons (Fsp3) is 0.0909. The Hall–Kier alpha value is -3.12. The van der Waals surface area contributed by atoms with Gasteiger partial charge in [0, 0.05) is 15.6 Å². The van der Waals surface area contributed by atoms with Crippen LogP contribution in [-0.4, -0.2) is 18.5 Å². The first kappa shape index (κ1) is 18.3. The number of amides is 1. The quantitative estimate of drug-likeness (QED) is 0.591. The van der Waals surface area contributed by atoms with E-state index in [-0.39, 0.29) is 6.61 Å². The van der Waals surface area contributed by atoms with Crippen molar-refractivity contribution < 1.29 is 19.1 Å². The molecule has 0 saturated heterocycles. The first-order chi connectivity index (χ1) is 13.6. The molecule has 0 fully saturated rings. The third-order valence-electron chi connectivity index (χ3n) is 4.41. The highest BCUT2D eigenvalue weighted by Gasteiger charge is 2.33. The lowest BCUT2D eigenvalue weighted by Gasteiger charge is -2.26. The minimum Gasteiger partial charge on any atom is -0.457 e. The monoisotopic (exact) mass is 437 g/mol. The zero-order valence-electron chi connectivity index (χ0n) is 14.7. The number of anilines is 1. The predicted molar refractivity (Wildman–Crippen MR) is 109 cm³/mol. The summed E-state index contributed by atoms with van der Waals surface area (Å²) < 4.78 is 12.0. The summed E-state index contributed by atoms with van der Waals surface area (Å²) in [6, 6.07) is 21.9. The minimum atomic E-state index is -0.641. The van der Waals surface area contributed by atoms with Crippen LogP contribution in [-0.2, 0) is 14.3 Å². The third kappa shape index (κ3) is 3.64. The van der Waals surface area contributed by atoms with Crippen LogP contribution in [0.15, 0.2) is 77.3 Å². The third-order valence-corrected chi connectivity index (χ3v) is 5.10. The van der Waals surface area contributed by atoms with Gasteiger partial charge in [-0.25, -0.2) is 0 Å². The highest BCUT2D eigenvalue weighted by Crippen LogP contribution is 2.44. The molecule has 1 aliphatic rings. The molecular weight excluding hydrogens is 422 g/mol. The van der Waals surface area contributed by atoms with Crippen molar-refractivity contribution >= 4 is 33.5 Å². The summed E-state index contributed by atoms with van der Waals surface area (Å²) in [4.78, 5) is 25.1. The van der Waals surface area contributed by atoms with Crippen LogP contribution in [0.1, 0.15) is 17.0 Å². The summed E-state index contributed by atoms with van der Waals surface area (Å²) in [5, 5.41) is 2.72. The number of ether oxygens (including phenoxy) is 2. The molecule has 4 rings (SSSR count). The van der Waals surface area contributed by atoms with Crippen molar-refractivity contribution in [2.75, 3.05) is 11.9 Å². The van der Waals surface area contributed by atoms with Crippen molar-refractivity contribution in [2.24, 2.45) is 0 Å². The van der Waals surface area contributed by atoms with E-state index in [9.17, 15) is 9.59 Å². The van der Waals surface area contributed by atoms with Crippen LogP contribution in [0.25, 0.3) is 0 Å². The Morgan fingerprint density at radius 2 is 1.46 bits per heavy atom. The van der Waals surface area contributed by atoms with Gasteiger partial charge in [-0.05, 0) is 40.2 Å². The molecular formula is C22H16BrNO4. The predicted octanol–water partition coefficient (Wildman–Crippen LogP) is 4.87. The summed E-state index contributed by atoms with van der Waals surface area (Å²) in [6.45, 7) is -0.373. The normalized spacial score (nSPS) is 12.3. The molecule has 0 radical (unpaired) electrons. The number of carbonyl (C=O) groups excluding carboxylic acids is 2. The number of benzene rings is 3. The van der Waals surface area contributed by atoms with E-state index in [1.165, 1.54) is 0 Å². The molecule has 0 aliphatic carbocycles. The molecule has 0 saturated carbocycles. The van der Waals surface area contributed by atoms with E-state index in [1.54, 1.807) is 6.07 Å². The van der Waals surface area contributed by atoms with Gasteiger partial charge >= 0.3 is 5.97 Å². The lowest BCUT2D eigenvalue weighted by atomic mass is 9.88. The molecule has 0 spiro atoms. The summed E-state index contributed by atoms with van der Waals surface area (Å²) in [7, 11) is 0. The van der Waals surface area contributed by atoms with E-state index in [2.05, 4.69) is 21.2 Å². The van der Waals surface area contributed by atoms with Gasteiger partial charge in [0.15, 0.2) is 6.61 Å². The van der Waals surface area contributed by atoms with Crippen LogP contribution in [0.5, 0.6) is 11.5 Å². The first-order valence-electron chi connectivity index (χ1n) is 8.70. The number of halogens is 1. The Kier molecular flexibility index (Phi) is 5.12. The second kappa shape index (κ2) is 7.86. The lowest BCUT2D eigenvalue weighted by Crippen LogP contribution is -2.26. The Morgan fingerprint density at radius 3 is 2.11 bits per heavy atom. The topological polar surface area (TPSA) is 64.6 Å². The fourth-order valence-electron chi connectivity index (χ4n) is 3.13. The van der Waals surface area contributed by atoms with Crippen LogP contribution >= 0.6 is 15.9 Å². The number of para-hydroxylation sites is 3. The van der Waals surface area contributed by atoms with Gasteiger partial charge in [-0.15, -0.1) is 0 Å². The summed E-state index contributed by atoms with van der Waals surface area (Å²) in [5.74, 6) is -0.321. The van der Waals surface area contributed by atoms with Crippen LogP contribution in [0.3, 0.4) is 0 Å². The number of carbonyl (C=O) groups is 2. The van der Waals surface area contributed by atoms with Gasteiger partial charge in [0.25, 0.3) is 5.91 Å². The molecule has 5 nitrogen and oxygen atoms in total. The standard InChI is InChI=1S/C22H16BrNO4/c23-16-9-3-4-10-17(16)24-20(25)13-27-22(26)21-14-7-1-5-11-18(14)28-19-12-6-2-8-15(19)21/h1-12,21H,13H2,(H,24,25). The molecule has 0 aromatic heterocycles. The number of fused-ring (bicyclic) bond motifs is 2. The maximum Gasteiger partial charge on any atom is 0.318 e. The maximum absolute atomic E-state index is 12.9. The zero-order chi connectivity index (χ0) is 19.5.